The highest BCUT2D eigenvalue weighted by atomic mass is 35.5. The molecule has 90 valence electrons. The van der Waals surface area contributed by atoms with Gasteiger partial charge >= 0.3 is 5.92 Å². The van der Waals surface area contributed by atoms with Gasteiger partial charge in [-0.3, -0.25) is 0 Å². The zero-order chi connectivity index (χ0) is 12.5. The third-order valence-electron chi connectivity index (χ3n) is 2.62. The molecule has 1 heterocycles. The van der Waals surface area contributed by atoms with Gasteiger partial charge in [0.05, 0.1) is 0 Å². The van der Waals surface area contributed by atoms with E-state index in [4.69, 9.17) is 11.6 Å². The molecule has 1 unspecified atom stereocenters. The maximum atomic E-state index is 13.4. The van der Waals surface area contributed by atoms with Crippen LogP contribution in [-0.4, -0.2) is 34.7 Å². The van der Waals surface area contributed by atoms with E-state index in [-0.39, 0.29) is 17.6 Å². The van der Waals surface area contributed by atoms with Gasteiger partial charge in [0.1, 0.15) is 0 Å². The number of hydrogen-bond donors (Lipinski definition) is 0. The monoisotopic (exact) mass is 248 g/mol. The average molecular weight is 249 g/mol. The molecule has 0 N–H and O–H groups in total. The Kier molecular flexibility index (Phi) is 3.89. The van der Waals surface area contributed by atoms with Gasteiger partial charge in [-0.25, -0.2) is 4.58 Å². The Bertz CT molecular complexity index is 364. The van der Waals surface area contributed by atoms with Crippen molar-refractivity contribution in [2.75, 3.05) is 12.4 Å². The maximum absolute atomic E-state index is 13.4. The summed E-state index contributed by atoms with van der Waals surface area (Å²) in [5.74, 6) is -2.63. The summed E-state index contributed by atoms with van der Waals surface area (Å²) in [6, 6.07) is 0.193. The summed E-state index contributed by atoms with van der Waals surface area (Å²) in [7, 11) is 0. The SMILES string of the molecule is C=C(C)C(=CC(=[N+]1CC1C)C(C)(F)F)CCl. The smallest absolute Gasteiger partial charge is 0.213 e. The maximum Gasteiger partial charge on any atom is 0.326 e. The second kappa shape index (κ2) is 4.66. The van der Waals surface area contributed by atoms with Crippen LogP contribution in [0.2, 0.25) is 0 Å². The molecule has 0 aliphatic carbocycles. The van der Waals surface area contributed by atoms with Crippen molar-refractivity contribution in [3.63, 3.8) is 0 Å². The van der Waals surface area contributed by atoms with E-state index < -0.39 is 5.92 Å². The van der Waals surface area contributed by atoms with Gasteiger partial charge in [-0.05, 0) is 12.5 Å². The lowest BCUT2D eigenvalue weighted by Gasteiger charge is -2.08. The zero-order valence-electron chi connectivity index (χ0n) is 9.86. The normalized spacial score (nSPS) is 24.4. The highest BCUT2D eigenvalue weighted by Gasteiger charge is 2.46. The molecule has 0 aromatic rings. The van der Waals surface area contributed by atoms with Crippen molar-refractivity contribution in [1.29, 1.82) is 0 Å². The minimum absolute atomic E-state index is 0.0404. The second-order valence-corrected chi connectivity index (χ2v) is 4.63. The van der Waals surface area contributed by atoms with Crippen LogP contribution in [0.25, 0.3) is 0 Å². The van der Waals surface area contributed by atoms with Crippen molar-refractivity contribution >= 4 is 17.3 Å². The number of allylic oxidation sites excluding steroid dienone is 3. The molecule has 1 aliphatic heterocycles. The molecule has 1 fully saturated rings. The van der Waals surface area contributed by atoms with Crippen LogP contribution in [0.4, 0.5) is 8.78 Å². The van der Waals surface area contributed by atoms with Crippen LogP contribution in [0.1, 0.15) is 20.8 Å². The number of halogens is 3. The van der Waals surface area contributed by atoms with E-state index in [1.807, 2.05) is 6.92 Å². The van der Waals surface area contributed by atoms with Crippen LogP contribution < -0.4 is 0 Å². The topological polar surface area (TPSA) is 3.01 Å². The van der Waals surface area contributed by atoms with E-state index in [0.29, 0.717) is 12.1 Å². The van der Waals surface area contributed by atoms with E-state index in [1.165, 1.54) is 6.08 Å². The van der Waals surface area contributed by atoms with Crippen LogP contribution in [0.15, 0.2) is 23.8 Å². The van der Waals surface area contributed by atoms with E-state index in [1.54, 1.807) is 11.5 Å². The fraction of sp³-hybridized carbons (Fsp3) is 0.583. The van der Waals surface area contributed by atoms with E-state index in [0.717, 1.165) is 12.5 Å². The van der Waals surface area contributed by atoms with Gasteiger partial charge in [0.15, 0.2) is 0 Å². The molecule has 0 spiro atoms. The van der Waals surface area contributed by atoms with Crippen molar-refractivity contribution in [2.24, 2.45) is 0 Å². The largest absolute Gasteiger partial charge is 0.326 e. The highest BCUT2D eigenvalue weighted by Crippen LogP contribution is 2.23. The van der Waals surface area contributed by atoms with Gasteiger partial charge in [0.2, 0.25) is 18.3 Å². The number of alkyl halides is 3. The number of rotatable bonds is 4. The minimum atomic E-state index is -2.84. The summed E-state index contributed by atoms with van der Waals surface area (Å²) in [6.07, 6.45) is 1.47. The Morgan fingerprint density at radius 3 is 2.38 bits per heavy atom. The molecule has 0 amide bonds. The molecule has 1 saturated heterocycles. The molecule has 1 aliphatic rings. The van der Waals surface area contributed by atoms with Crippen molar-refractivity contribution < 1.29 is 13.4 Å². The third kappa shape index (κ3) is 3.14. The third-order valence-corrected chi connectivity index (χ3v) is 2.91. The first kappa shape index (κ1) is 13.4. The van der Waals surface area contributed by atoms with E-state index >= 15 is 0 Å². The summed E-state index contributed by atoms with van der Waals surface area (Å²) < 4.78 is 28.5. The average Bonchev–Trinajstić information content (AvgIpc) is 2.80. The first-order valence-electron chi connectivity index (χ1n) is 5.21. The quantitative estimate of drug-likeness (QED) is 0.311. The zero-order valence-corrected chi connectivity index (χ0v) is 10.6. The fourth-order valence-corrected chi connectivity index (χ4v) is 1.78. The van der Waals surface area contributed by atoms with Crippen molar-refractivity contribution in [1.82, 2.24) is 0 Å². The highest BCUT2D eigenvalue weighted by molar-refractivity contribution is 6.20. The van der Waals surface area contributed by atoms with Gasteiger partial charge in [0, 0.05) is 25.8 Å². The lowest BCUT2D eigenvalue weighted by molar-refractivity contribution is -0.364. The van der Waals surface area contributed by atoms with Gasteiger partial charge in [-0.15, -0.1) is 11.6 Å². The minimum Gasteiger partial charge on any atom is -0.213 e. The van der Waals surface area contributed by atoms with E-state index in [9.17, 15) is 8.78 Å². The molecular formula is C12H17ClF2N+. The first-order chi connectivity index (χ1) is 7.27. The molecule has 0 aromatic heterocycles. The molecule has 1 nitrogen and oxygen atoms in total. The molecule has 0 saturated carbocycles. The summed E-state index contributed by atoms with van der Waals surface area (Å²) in [5, 5.41) is 0. The Hall–Kier alpha value is -0.700. The van der Waals surface area contributed by atoms with Gasteiger partial charge in [0.25, 0.3) is 0 Å². The molecule has 4 heteroatoms. The first-order valence-corrected chi connectivity index (χ1v) is 5.75. The fourth-order valence-electron chi connectivity index (χ4n) is 1.48. The van der Waals surface area contributed by atoms with Gasteiger partial charge in [-0.1, -0.05) is 12.2 Å². The predicted molar refractivity (Wildman–Crippen MR) is 63.8 cm³/mol. The van der Waals surface area contributed by atoms with Gasteiger partial charge in [-0.2, -0.15) is 8.78 Å². The lowest BCUT2D eigenvalue weighted by Crippen LogP contribution is -2.27. The summed E-state index contributed by atoms with van der Waals surface area (Å²) in [6.45, 7) is 9.01. The lowest BCUT2D eigenvalue weighted by atomic mass is 10.1. The standard InChI is InChI=1S/C12H17ClF2N/c1-8(2)10(6-13)5-11(12(4,14)15)16-7-9(16)3/h5,9H,1,6-7H2,2-4H3/q+1. The summed E-state index contributed by atoms with van der Waals surface area (Å²) >= 11 is 5.71. The number of hydrogen-bond acceptors (Lipinski definition) is 0. The van der Waals surface area contributed by atoms with Crippen molar-refractivity contribution in [3.05, 3.63) is 23.8 Å². The molecule has 16 heavy (non-hydrogen) atoms. The van der Waals surface area contributed by atoms with Crippen LogP contribution in [-0.2, 0) is 0 Å². The summed E-state index contributed by atoms with van der Waals surface area (Å²) in [5.41, 5.74) is 1.43. The van der Waals surface area contributed by atoms with Crippen molar-refractivity contribution in [3.8, 4) is 0 Å². The molecule has 0 aromatic carbocycles. The van der Waals surface area contributed by atoms with Crippen LogP contribution in [0.3, 0.4) is 0 Å². The molecule has 1 atom stereocenters. The Labute approximate surface area is 100 Å². The van der Waals surface area contributed by atoms with Crippen LogP contribution >= 0.6 is 11.6 Å². The van der Waals surface area contributed by atoms with Crippen LogP contribution in [0.5, 0.6) is 0 Å². The van der Waals surface area contributed by atoms with Crippen LogP contribution in [0, 0.1) is 0 Å². The predicted octanol–water partition coefficient (Wildman–Crippen LogP) is 3.24. The van der Waals surface area contributed by atoms with E-state index in [2.05, 4.69) is 6.58 Å². The molecule has 0 bridgehead atoms. The molecule has 0 radical (unpaired) electrons. The summed E-state index contributed by atoms with van der Waals surface area (Å²) in [4.78, 5) is 0. The van der Waals surface area contributed by atoms with Crippen molar-refractivity contribution in [2.45, 2.75) is 32.7 Å². The van der Waals surface area contributed by atoms with Gasteiger partial charge < -0.3 is 0 Å². The molecule has 1 rings (SSSR count). The Balaban J connectivity index is 3.11. The Morgan fingerprint density at radius 1 is 1.62 bits per heavy atom. The second-order valence-electron chi connectivity index (χ2n) is 4.36. The molecular weight excluding hydrogens is 232 g/mol. The Morgan fingerprint density at radius 2 is 2.12 bits per heavy atom. The number of nitrogens with zero attached hydrogens (tertiary/aromatic N) is 1.